The van der Waals surface area contributed by atoms with E-state index in [0.29, 0.717) is 27.5 Å². The van der Waals surface area contributed by atoms with Gasteiger partial charge in [0.2, 0.25) is 0 Å². The van der Waals surface area contributed by atoms with E-state index in [2.05, 4.69) is 15.9 Å². The Hall–Kier alpha value is -4.38. The van der Waals surface area contributed by atoms with Gasteiger partial charge >= 0.3 is 11.9 Å². The van der Waals surface area contributed by atoms with Crippen LogP contribution in [-0.2, 0) is 13.2 Å². The summed E-state index contributed by atoms with van der Waals surface area (Å²) in [7, 11) is 1.56. The summed E-state index contributed by atoms with van der Waals surface area (Å²) in [6, 6.07) is 12.0. The lowest BCUT2D eigenvalue weighted by atomic mass is 10.0. The van der Waals surface area contributed by atoms with Gasteiger partial charge in [-0.25, -0.2) is 4.79 Å². The molecule has 0 amide bonds. The van der Waals surface area contributed by atoms with Crippen LogP contribution in [0.5, 0.6) is 0 Å². The molecule has 5 aromatic rings. The molecule has 0 spiro atoms. The molecule has 0 N–H and O–H groups in total. The second-order valence-corrected chi connectivity index (χ2v) is 7.56. The first kappa shape index (κ1) is 20.5. The molecule has 0 aliphatic heterocycles. The van der Waals surface area contributed by atoms with Gasteiger partial charge in [0.05, 0.1) is 34.0 Å². The van der Waals surface area contributed by atoms with Crippen LogP contribution in [0.25, 0.3) is 38.8 Å². The number of hydrogen-bond donors (Lipinski definition) is 0. The van der Waals surface area contributed by atoms with E-state index in [0.717, 1.165) is 23.3 Å². The third kappa shape index (κ3) is 3.34. The molecule has 33 heavy (non-hydrogen) atoms. The van der Waals surface area contributed by atoms with Gasteiger partial charge in [-0.05, 0) is 42.0 Å². The number of hydrogen-bond acceptors (Lipinski definition) is 3. The van der Waals surface area contributed by atoms with Gasteiger partial charge in [0.1, 0.15) is 0 Å². The normalized spacial score (nSPS) is 11.7. The van der Waals surface area contributed by atoms with Crippen molar-refractivity contribution in [3.8, 4) is 29.2 Å². The van der Waals surface area contributed by atoms with Crippen LogP contribution in [0.2, 0.25) is 0 Å². The minimum atomic E-state index is -4.53. The predicted octanol–water partition coefficient (Wildman–Crippen LogP) is 4.94. The van der Waals surface area contributed by atoms with Crippen LogP contribution >= 0.6 is 0 Å². The zero-order valence-electron chi connectivity index (χ0n) is 17.3. The molecule has 5 rings (SSSR count). The minimum Gasteiger partial charge on any atom is -0.293 e. The fourth-order valence-corrected chi connectivity index (χ4v) is 3.91. The van der Waals surface area contributed by atoms with Crippen molar-refractivity contribution in [2.24, 2.45) is 7.05 Å². The first-order valence-electron chi connectivity index (χ1n) is 9.88. The number of alkyl halides is 3. The smallest absolute Gasteiger partial charge is 0.293 e. The zero-order valence-corrected chi connectivity index (χ0v) is 17.3. The molecule has 0 bridgehead atoms. The lowest BCUT2D eigenvalue weighted by Crippen LogP contribution is -2.21. The van der Waals surface area contributed by atoms with Crippen molar-refractivity contribution in [1.82, 2.24) is 19.1 Å². The van der Waals surface area contributed by atoms with Crippen molar-refractivity contribution in [2.75, 3.05) is 0 Å². The summed E-state index contributed by atoms with van der Waals surface area (Å²) >= 11 is 0. The number of halogens is 3. The van der Waals surface area contributed by atoms with E-state index in [4.69, 9.17) is 6.42 Å². The molecule has 0 saturated carbocycles. The summed E-state index contributed by atoms with van der Waals surface area (Å²) < 4.78 is 42.7. The van der Waals surface area contributed by atoms with Gasteiger partial charge in [-0.3, -0.25) is 19.1 Å². The zero-order chi connectivity index (χ0) is 23.3. The van der Waals surface area contributed by atoms with Crippen molar-refractivity contribution in [1.29, 1.82) is 0 Å². The van der Waals surface area contributed by atoms with E-state index in [1.54, 1.807) is 31.7 Å². The molecule has 3 heterocycles. The number of rotatable bonds is 2. The Balaban J connectivity index is 1.84. The number of fused-ring (bicyclic) bond motifs is 3. The summed E-state index contributed by atoms with van der Waals surface area (Å²) in [5, 5.41) is 0.617. The molecule has 0 radical (unpaired) electrons. The van der Waals surface area contributed by atoms with E-state index in [9.17, 15) is 18.0 Å². The SMILES string of the molecule is C#Cc1cncc(-c2ccc3ncc4c(c3c2)n(-c2cccc(C(F)(F)F)c2)c(=O)n4C)c1. The maximum absolute atomic E-state index is 13.3. The molecule has 8 heteroatoms. The molecule has 0 aliphatic rings. The van der Waals surface area contributed by atoms with Gasteiger partial charge in [0, 0.05) is 36.0 Å². The third-order valence-electron chi connectivity index (χ3n) is 5.55. The average molecular weight is 444 g/mol. The number of nitrogens with zero attached hydrogens (tertiary/aromatic N) is 4. The maximum atomic E-state index is 13.3. The van der Waals surface area contributed by atoms with Gasteiger partial charge in [-0.15, -0.1) is 6.42 Å². The van der Waals surface area contributed by atoms with Crippen LogP contribution < -0.4 is 5.69 Å². The van der Waals surface area contributed by atoms with Gasteiger partial charge < -0.3 is 0 Å². The van der Waals surface area contributed by atoms with Crippen molar-refractivity contribution >= 4 is 21.9 Å². The molecule has 2 aromatic carbocycles. The molecule has 3 aromatic heterocycles. The molecule has 0 unspecified atom stereocenters. The summed E-state index contributed by atoms with van der Waals surface area (Å²) in [5.74, 6) is 2.55. The first-order chi connectivity index (χ1) is 15.8. The number of pyridine rings is 2. The number of terminal acetylenes is 1. The van der Waals surface area contributed by atoms with Crippen LogP contribution in [0, 0.1) is 12.3 Å². The van der Waals surface area contributed by atoms with Crippen molar-refractivity contribution < 1.29 is 13.2 Å². The standard InChI is InChI=1S/C25H15F3N4O/c1-3-15-9-17(13-29-12-15)16-7-8-21-20(10-16)23-22(14-30-21)31(2)24(33)32(23)19-6-4-5-18(11-19)25(26,27)28/h1,4-14H,2H3. The van der Waals surface area contributed by atoms with Crippen molar-refractivity contribution in [3.63, 3.8) is 0 Å². The third-order valence-corrected chi connectivity index (χ3v) is 5.55. The van der Waals surface area contributed by atoms with Crippen molar-refractivity contribution in [2.45, 2.75) is 6.18 Å². The number of aryl methyl sites for hydroxylation is 1. The van der Waals surface area contributed by atoms with Crippen LogP contribution in [0.3, 0.4) is 0 Å². The highest BCUT2D eigenvalue weighted by Crippen LogP contribution is 2.33. The molecule has 0 saturated heterocycles. The Labute approximate surface area is 185 Å². The quantitative estimate of drug-likeness (QED) is 0.363. The topological polar surface area (TPSA) is 52.7 Å². The minimum absolute atomic E-state index is 0.120. The second-order valence-electron chi connectivity index (χ2n) is 7.56. The summed E-state index contributed by atoms with van der Waals surface area (Å²) in [6.07, 6.45) is 5.74. The molecule has 162 valence electrons. The van der Waals surface area contributed by atoms with Crippen molar-refractivity contribution in [3.05, 3.63) is 88.7 Å². The fourth-order valence-electron chi connectivity index (χ4n) is 3.91. The largest absolute Gasteiger partial charge is 0.416 e. The van der Waals surface area contributed by atoms with Gasteiger partial charge in [0.25, 0.3) is 0 Å². The molecular weight excluding hydrogens is 429 g/mol. The highest BCUT2D eigenvalue weighted by molar-refractivity contribution is 6.04. The Morgan fingerprint density at radius 2 is 1.82 bits per heavy atom. The monoisotopic (exact) mass is 444 g/mol. The average Bonchev–Trinajstić information content (AvgIpc) is 3.08. The highest BCUT2D eigenvalue weighted by atomic mass is 19.4. The van der Waals surface area contributed by atoms with Crippen LogP contribution in [0.1, 0.15) is 11.1 Å². The molecule has 0 fully saturated rings. The number of aromatic nitrogens is 4. The second kappa shape index (κ2) is 7.35. The van der Waals surface area contributed by atoms with Crippen LogP contribution in [0.15, 0.2) is 71.9 Å². The number of benzene rings is 2. The fraction of sp³-hybridized carbons (Fsp3) is 0.0800. The van der Waals surface area contributed by atoms with E-state index in [-0.39, 0.29) is 5.69 Å². The lowest BCUT2D eigenvalue weighted by Gasteiger charge is -2.11. The summed E-state index contributed by atoms with van der Waals surface area (Å²) in [6.45, 7) is 0. The van der Waals surface area contributed by atoms with Gasteiger partial charge in [0.15, 0.2) is 0 Å². The Bertz CT molecular complexity index is 1660. The summed E-state index contributed by atoms with van der Waals surface area (Å²) in [4.78, 5) is 21.7. The first-order valence-corrected chi connectivity index (χ1v) is 9.88. The Morgan fingerprint density at radius 3 is 2.58 bits per heavy atom. The molecule has 0 atom stereocenters. The van der Waals surface area contributed by atoms with E-state index in [1.165, 1.54) is 21.3 Å². The van der Waals surface area contributed by atoms with Crippen LogP contribution in [0.4, 0.5) is 13.2 Å². The molecule has 0 aliphatic carbocycles. The lowest BCUT2D eigenvalue weighted by molar-refractivity contribution is -0.137. The molecular formula is C25H15F3N4O. The Kier molecular flexibility index (Phi) is 4.57. The summed E-state index contributed by atoms with van der Waals surface area (Å²) in [5.41, 5.74) is 2.55. The maximum Gasteiger partial charge on any atom is 0.416 e. The van der Waals surface area contributed by atoms with Gasteiger partial charge in [-0.2, -0.15) is 13.2 Å². The Morgan fingerprint density at radius 1 is 1.00 bits per heavy atom. The van der Waals surface area contributed by atoms with E-state index in [1.807, 2.05) is 18.2 Å². The van der Waals surface area contributed by atoms with Gasteiger partial charge in [-0.1, -0.05) is 18.1 Å². The number of imidazole rings is 1. The molecule has 5 nitrogen and oxygen atoms in total. The highest BCUT2D eigenvalue weighted by Gasteiger charge is 2.31. The van der Waals surface area contributed by atoms with E-state index >= 15 is 0 Å². The predicted molar refractivity (Wildman–Crippen MR) is 120 cm³/mol. The van der Waals surface area contributed by atoms with E-state index < -0.39 is 17.4 Å². The van der Waals surface area contributed by atoms with Crippen LogP contribution in [-0.4, -0.2) is 19.1 Å².